The minimum Gasteiger partial charge on any atom is -0.373 e. The van der Waals surface area contributed by atoms with Crippen LogP contribution in [-0.2, 0) is 4.74 Å². The van der Waals surface area contributed by atoms with Crippen LogP contribution in [0.4, 0.5) is 0 Å². The zero-order valence-corrected chi connectivity index (χ0v) is 11.0. The number of nitrogens with one attached hydrogen (secondary N) is 1. The number of hydrogen-bond acceptors (Lipinski definition) is 3. The van der Waals surface area contributed by atoms with Crippen LogP contribution in [0.2, 0.25) is 0 Å². The summed E-state index contributed by atoms with van der Waals surface area (Å²) >= 11 is 0. The van der Waals surface area contributed by atoms with E-state index < -0.39 is 0 Å². The molecule has 17 heavy (non-hydrogen) atoms. The van der Waals surface area contributed by atoms with Crippen molar-refractivity contribution >= 4 is 0 Å². The Balaban J connectivity index is 1.62. The first-order valence-corrected chi connectivity index (χ1v) is 7.30. The molecular formula is C14H24N2O. The van der Waals surface area contributed by atoms with E-state index in [0.29, 0.717) is 23.2 Å². The summed E-state index contributed by atoms with van der Waals surface area (Å²) in [5, 5.41) is 3.67. The topological polar surface area (TPSA) is 24.5 Å². The fourth-order valence-electron chi connectivity index (χ4n) is 5.56. The van der Waals surface area contributed by atoms with Crippen molar-refractivity contribution in [3.05, 3.63) is 0 Å². The second-order valence-electron chi connectivity index (χ2n) is 6.79. The van der Waals surface area contributed by atoms with Gasteiger partial charge in [-0.3, -0.25) is 4.90 Å². The molecule has 0 radical (unpaired) electrons. The van der Waals surface area contributed by atoms with Gasteiger partial charge in [-0.1, -0.05) is 6.42 Å². The van der Waals surface area contributed by atoms with Crippen molar-refractivity contribution in [1.29, 1.82) is 0 Å². The molecule has 5 atom stereocenters. The van der Waals surface area contributed by atoms with Crippen LogP contribution in [0.3, 0.4) is 0 Å². The van der Waals surface area contributed by atoms with Crippen molar-refractivity contribution in [2.24, 2.45) is 11.3 Å². The second-order valence-corrected chi connectivity index (χ2v) is 6.79. The van der Waals surface area contributed by atoms with Crippen LogP contribution in [0.15, 0.2) is 0 Å². The lowest BCUT2D eigenvalue weighted by atomic mass is 9.95. The van der Waals surface area contributed by atoms with Gasteiger partial charge >= 0.3 is 0 Å². The quantitative estimate of drug-likeness (QED) is 0.741. The third-order valence-electron chi connectivity index (χ3n) is 5.96. The summed E-state index contributed by atoms with van der Waals surface area (Å²) in [6.45, 7) is 9.25. The van der Waals surface area contributed by atoms with Gasteiger partial charge in [-0.05, 0) is 32.6 Å². The van der Waals surface area contributed by atoms with E-state index in [9.17, 15) is 0 Å². The largest absolute Gasteiger partial charge is 0.373 e. The van der Waals surface area contributed by atoms with Crippen molar-refractivity contribution in [3.8, 4) is 0 Å². The van der Waals surface area contributed by atoms with Gasteiger partial charge in [0.05, 0.1) is 12.2 Å². The molecule has 1 N–H and O–H groups in total. The zero-order valence-electron chi connectivity index (χ0n) is 11.0. The summed E-state index contributed by atoms with van der Waals surface area (Å²) < 4.78 is 5.90. The minimum atomic E-state index is 0.409. The van der Waals surface area contributed by atoms with E-state index in [1.165, 1.54) is 32.4 Å². The number of ether oxygens (including phenoxy) is 1. The van der Waals surface area contributed by atoms with Crippen LogP contribution in [0.5, 0.6) is 0 Å². The number of rotatable bonds is 1. The molecule has 4 fully saturated rings. The van der Waals surface area contributed by atoms with Crippen LogP contribution in [0.1, 0.15) is 33.1 Å². The molecule has 2 aliphatic heterocycles. The molecule has 0 bridgehead atoms. The van der Waals surface area contributed by atoms with Gasteiger partial charge in [0.1, 0.15) is 0 Å². The molecule has 0 unspecified atom stereocenters. The van der Waals surface area contributed by atoms with Gasteiger partial charge in [0.2, 0.25) is 0 Å². The van der Waals surface area contributed by atoms with Crippen LogP contribution in [-0.4, -0.2) is 48.8 Å². The highest BCUT2D eigenvalue weighted by Gasteiger charge is 2.81. The summed E-state index contributed by atoms with van der Waals surface area (Å²) in [7, 11) is 0. The summed E-state index contributed by atoms with van der Waals surface area (Å²) in [4.78, 5) is 2.79. The highest BCUT2D eigenvalue weighted by molar-refractivity contribution is 5.35. The molecule has 3 nitrogen and oxygen atoms in total. The van der Waals surface area contributed by atoms with Crippen molar-refractivity contribution in [3.63, 3.8) is 0 Å². The fourth-order valence-corrected chi connectivity index (χ4v) is 5.56. The van der Waals surface area contributed by atoms with Gasteiger partial charge in [0.15, 0.2) is 0 Å². The van der Waals surface area contributed by atoms with E-state index in [0.717, 1.165) is 19.0 Å². The molecule has 3 heteroatoms. The number of piperidine rings is 1. The van der Waals surface area contributed by atoms with Crippen LogP contribution in [0, 0.1) is 11.3 Å². The molecule has 2 heterocycles. The first kappa shape index (κ1) is 10.8. The van der Waals surface area contributed by atoms with Gasteiger partial charge in [0, 0.05) is 37.1 Å². The maximum atomic E-state index is 5.90. The van der Waals surface area contributed by atoms with E-state index in [1.54, 1.807) is 0 Å². The number of fused-ring (bicyclic) bond motifs is 1. The Bertz CT molecular complexity index is 333. The van der Waals surface area contributed by atoms with E-state index in [4.69, 9.17) is 4.74 Å². The summed E-state index contributed by atoms with van der Waals surface area (Å²) in [6.07, 6.45) is 5.22. The van der Waals surface area contributed by atoms with Crippen molar-refractivity contribution < 1.29 is 4.74 Å². The molecule has 2 saturated carbocycles. The van der Waals surface area contributed by atoms with Gasteiger partial charge in [-0.2, -0.15) is 0 Å². The van der Waals surface area contributed by atoms with Gasteiger partial charge < -0.3 is 10.1 Å². The summed E-state index contributed by atoms with van der Waals surface area (Å²) in [5.41, 5.74) is 1.18. The number of nitrogens with zero attached hydrogens (tertiary/aromatic N) is 1. The molecule has 4 aliphatic rings. The molecule has 1 spiro atoms. The maximum Gasteiger partial charge on any atom is 0.0678 e. The normalized spacial score (nSPS) is 57.9. The van der Waals surface area contributed by atoms with Crippen molar-refractivity contribution in [1.82, 2.24) is 10.2 Å². The Kier molecular flexibility index (Phi) is 2.06. The predicted molar refractivity (Wildman–Crippen MR) is 67.0 cm³/mol. The smallest absolute Gasteiger partial charge is 0.0678 e. The highest BCUT2D eigenvalue weighted by Crippen LogP contribution is 2.75. The maximum absolute atomic E-state index is 5.90. The predicted octanol–water partition coefficient (Wildman–Crippen LogP) is 1.24. The van der Waals surface area contributed by atoms with E-state index in [2.05, 4.69) is 24.1 Å². The number of hydrogen-bond donors (Lipinski definition) is 1. The van der Waals surface area contributed by atoms with Gasteiger partial charge in [0.25, 0.3) is 0 Å². The highest BCUT2D eigenvalue weighted by atomic mass is 16.5. The summed E-state index contributed by atoms with van der Waals surface area (Å²) in [6, 6.07) is 0. The molecule has 0 aromatic heterocycles. The molecule has 2 aliphatic carbocycles. The fraction of sp³-hybridized carbons (Fsp3) is 1.00. The van der Waals surface area contributed by atoms with E-state index >= 15 is 0 Å². The molecule has 0 aromatic carbocycles. The molecule has 0 amide bonds. The lowest BCUT2D eigenvalue weighted by Crippen LogP contribution is -2.55. The average molecular weight is 236 g/mol. The standard InChI is InChI=1S/C14H24N2O/c1-10-6-16(7-11(2)17-10)14-9-15-8-13(14)5-3-4-12(13)14/h10-12,15H,3-9H2,1-2H3/t10-,11-,12+,13+,14+/m1/s1. The van der Waals surface area contributed by atoms with E-state index in [1.807, 2.05) is 0 Å². The third-order valence-corrected chi connectivity index (χ3v) is 5.96. The Morgan fingerprint density at radius 1 is 1.18 bits per heavy atom. The SMILES string of the molecule is C[C@@H]1CN([C@]23CNC[C@]24CCC[C@@H]43)C[C@@H](C)O1. The van der Waals surface area contributed by atoms with E-state index in [-0.39, 0.29) is 0 Å². The molecule has 4 rings (SSSR count). The lowest BCUT2D eigenvalue weighted by Gasteiger charge is -2.42. The minimum absolute atomic E-state index is 0.409. The molecule has 2 saturated heterocycles. The first-order valence-electron chi connectivity index (χ1n) is 7.30. The summed E-state index contributed by atoms with van der Waals surface area (Å²) in [5.74, 6) is 0.994. The molecule has 0 aromatic rings. The van der Waals surface area contributed by atoms with Gasteiger partial charge in [-0.15, -0.1) is 0 Å². The monoisotopic (exact) mass is 236 g/mol. The van der Waals surface area contributed by atoms with Crippen molar-refractivity contribution in [2.75, 3.05) is 26.2 Å². The number of morpholine rings is 1. The Hall–Kier alpha value is -0.120. The molecular weight excluding hydrogens is 212 g/mol. The van der Waals surface area contributed by atoms with Crippen LogP contribution < -0.4 is 5.32 Å². The van der Waals surface area contributed by atoms with Gasteiger partial charge in [-0.25, -0.2) is 0 Å². The van der Waals surface area contributed by atoms with Crippen molar-refractivity contribution in [2.45, 2.75) is 50.9 Å². The third kappa shape index (κ3) is 1.14. The average Bonchev–Trinajstić information content (AvgIpc) is 2.70. The molecule has 96 valence electrons. The Labute approximate surface area is 104 Å². The lowest BCUT2D eigenvalue weighted by molar-refractivity contribution is -0.0895. The second kappa shape index (κ2) is 3.25. The van der Waals surface area contributed by atoms with Crippen LogP contribution >= 0.6 is 0 Å². The Morgan fingerprint density at radius 2 is 1.94 bits per heavy atom. The first-order chi connectivity index (χ1) is 8.19. The zero-order chi connectivity index (χ0) is 11.7. The Morgan fingerprint density at radius 3 is 2.65 bits per heavy atom. The van der Waals surface area contributed by atoms with Crippen LogP contribution in [0.25, 0.3) is 0 Å².